The van der Waals surface area contributed by atoms with Crippen LogP contribution in [-0.4, -0.2) is 56.3 Å². The van der Waals surface area contributed by atoms with Crippen molar-refractivity contribution < 1.29 is 18.0 Å². The van der Waals surface area contributed by atoms with E-state index in [-0.39, 0.29) is 35.9 Å². The summed E-state index contributed by atoms with van der Waals surface area (Å²) in [6, 6.07) is 9.04. The molecule has 6 nitrogen and oxygen atoms in total. The molecule has 23 heavy (non-hydrogen) atoms. The minimum Gasteiger partial charge on any atom is -0.343 e. The summed E-state index contributed by atoms with van der Waals surface area (Å²) < 4.78 is 22.9. The van der Waals surface area contributed by atoms with Crippen LogP contribution in [0.1, 0.15) is 12.0 Å². The average Bonchev–Trinajstić information content (AvgIpc) is 2.90. The van der Waals surface area contributed by atoms with E-state index in [4.69, 9.17) is 0 Å². The highest BCUT2D eigenvalue weighted by atomic mass is 32.2. The molecule has 0 spiro atoms. The van der Waals surface area contributed by atoms with Gasteiger partial charge in [0.1, 0.15) is 0 Å². The van der Waals surface area contributed by atoms with Gasteiger partial charge in [-0.25, -0.2) is 8.42 Å². The van der Waals surface area contributed by atoms with Crippen molar-refractivity contribution in [2.24, 2.45) is 0 Å². The Bertz CT molecular complexity index is 698. The molecule has 1 aromatic rings. The number of sulfone groups is 1. The van der Waals surface area contributed by atoms with E-state index in [9.17, 15) is 18.0 Å². The van der Waals surface area contributed by atoms with Gasteiger partial charge in [0.05, 0.1) is 18.1 Å². The van der Waals surface area contributed by atoms with Crippen LogP contribution < -0.4 is 5.32 Å². The Labute approximate surface area is 136 Å². The predicted molar refractivity (Wildman–Crippen MR) is 88.3 cm³/mol. The molecule has 7 heteroatoms. The summed E-state index contributed by atoms with van der Waals surface area (Å²) in [4.78, 5) is 25.1. The number of likely N-dealkylation sites (N-methyl/N-ethyl adjacent to an activating group) is 1. The summed E-state index contributed by atoms with van der Waals surface area (Å²) >= 11 is 0. The topological polar surface area (TPSA) is 83.6 Å². The van der Waals surface area contributed by atoms with Gasteiger partial charge < -0.3 is 10.2 Å². The van der Waals surface area contributed by atoms with Gasteiger partial charge in [-0.3, -0.25) is 9.59 Å². The van der Waals surface area contributed by atoms with Crippen molar-refractivity contribution in [2.45, 2.75) is 12.5 Å². The molecule has 0 aliphatic carbocycles. The van der Waals surface area contributed by atoms with Crippen LogP contribution in [0.3, 0.4) is 0 Å². The van der Waals surface area contributed by atoms with E-state index >= 15 is 0 Å². The second-order valence-corrected chi connectivity index (χ2v) is 7.75. The molecule has 1 aromatic carbocycles. The lowest BCUT2D eigenvalue weighted by atomic mass is 10.2. The fourth-order valence-corrected chi connectivity index (χ4v) is 4.14. The van der Waals surface area contributed by atoms with E-state index in [1.807, 2.05) is 30.3 Å². The number of hydrogen-bond acceptors (Lipinski definition) is 4. The van der Waals surface area contributed by atoms with Gasteiger partial charge in [-0.15, -0.1) is 0 Å². The first-order chi connectivity index (χ1) is 10.9. The number of benzene rings is 1. The first-order valence-electron chi connectivity index (χ1n) is 7.34. The standard InChI is InChI=1S/C16H20N2O4S/c1-18(14-9-10-23(21,22)12-14)16(20)11-17-15(19)8-7-13-5-3-2-4-6-13/h2-8,14H,9-12H2,1H3,(H,17,19). The van der Waals surface area contributed by atoms with Crippen LogP contribution in [-0.2, 0) is 19.4 Å². The predicted octanol–water partition coefficient (Wildman–Crippen LogP) is 0.461. The summed E-state index contributed by atoms with van der Waals surface area (Å²) in [7, 11) is -1.47. The molecule has 2 amide bonds. The molecule has 0 radical (unpaired) electrons. The molecule has 1 heterocycles. The smallest absolute Gasteiger partial charge is 0.244 e. The van der Waals surface area contributed by atoms with E-state index in [1.54, 1.807) is 13.1 Å². The number of carbonyl (C=O) groups excluding carboxylic acids is 2. The molecule has 0 saturated carbocycles. The molecule has 1 aliphatic heterocycles. The average molecular weight is 336 g/mol. The Morgan fingerprint density at radius 2 is 2.00 bits per heavy atom. The molecular weight excluding hydrogens is 316 g/mol. The monoisotopic (exact) mass is 336 g/mol. The Balaban J connectivity index is 1.80. The van der Waals surface area contributed by atoms with Gasteiger partial charge in [0, 0.05) is 19.2 Å². The first kappa shape index (κ1) is 17.2. The van der Waals surface area contributed by atoms with Crippen molar-refractivity contribution in [3.63, 3.8) is 0 Å². The number of nitrogens with zero attached hydrogens (tertiary/aromatic N) is 1. The molecule has 0 bridgehead atoms. The van der Waals surface area contributed by atoms with Gasteiger partial charge in [0.15, 0.2) is 9.84 Å². The number of amides is 2. The lowest BCUT2D eigenvalue weighted by molar-refractivity contribution is -0.132. The third-order valence-electron chi connectivity index (χ3n) is 3.79. The molecular formula is C16H20N2O4S. The van der Waals surface area contributed by atoms with E-state index in [1.165, 1.54) is 11.0 Å². The van der Waals surface area contributed by atoms with Crippen molar-refractivity contribution in [3.8, 4) is 0 Å². The number of carbonyl (C=O) groups is 2. The number of rotatable bonds is 5. The third kappa shape index (κ3) is 5.21. The molecule has 2 rings (SSSR count). The molecule has 1 atom stereocenters. The highest BCUT2D eigenvalue weighted by molar-refractivity contribution is 7.91. The van der Waals surface area contributed by atoms with Crippen molar-refractivity contribution in [3.05, 3.63) is 42.0 Å². The lowest BCUT2D eigenvalue weighted by Gasteiger charge is -2.23. The second-order valence-electron chi connectivity index (χ2n) is 5.52. The van der Waals surface area contributed by atoms with Gasteiger partial charge in [-0.1, -0.05) is 30.3 Å². The van der Waals surface area contributed by atoms with Crippen LogP contribution in [0.5, 0.6) is 0 Å². The second kappa shape index (κ2) is 7.41. The van der Waals surface area contributed by atoms with Gasteiger partial charge in [0.25, 0.3) is 0 Å². The van der Waals surface area contributed by atoms with Crippen molar-refractivity contribution >= 4 is 27.7 Å². The Hall–Kier alpha value is -2.15. The van der Waals surface area contributed by atoms with Crippen LogP contribution in [0.25, 0.3) is 6.08 Å². The fourth-order valence-electron chi connectivity index (χ4n) is 2.37. The zero-order valence-corrected chi connectivity index (χ0v) is 13.8. The van der Waals surface area contributed by atoms with Crippen LogP contribution in [0, 0.1) is 0 Å². The zero-order valence-electron chi connectivity index (χ0n) is 12.9. The fraction of sp³-hybridized carbons (Fsp3) is 0.375. The SMILES string of the molecule is CN(C(=O)CNC(=O)C=Cc1ccccc1)C1CCS(=O)(=O)C1. The first-order valence-corrected chi connectivity index (χ1v) is 9.16. The molecule has 124 valence electrons. The molecule has 1 fully saturated rings. The molecule has 1 aliphatic rings. The van der Waals surface area contributed by atoms with Gasteiger partial charge in [-0.2, -0.15) is 0 Å². The Morgan fingerprint density at radius 3 is 2.61 bits per heavy atom. The minimum absolute atomic E-state index is 0.00288. The van der Waals surface area contributed by atoms with E-state index < -0.39 is 9.84 Å². The highest BCUT2D eigenvalue weighted by Gasteiger charge is 2.32. The molecule has 0 aromatic heterocycles. The van der Waals surface area contributed by atoms with Crippen molar-refractivity contribution in [2.75, 3.05) is 25.1 Å². The van der Waals surface area contributed by atoms with Crippen LogP contribution in [0.2, 0.25) is 0 Å². The van der Waals surface area contributed by atoms with Crippen LogP contribution in [0.15, 0.2) is 36.4 Å². The maximum Gasteiger partial charge on any atom is 0.244 e. The largest absolute Gasteiger partial charge is 0.343 e. The Morgan fingerprint density at radius 1 is 1.30 bits per heavy atom. The van der Waals surface area contributed by atoms with Gasteiger partial charge >= 0.3 is 0 Å². The highest BCUT2D eigenvalue weighted by Crippen LogP contribution is 2.16. The van der Waals surface area contributed by atoms with E-state index in [2.05, 4.69) is 5.32 Å². The summed E-state index contributed by atoms with van der Waals surface area (Å²) in [6.07, 6.45) is 3.47. The minimum atomic E-state index is -3.04. The van der Waals surface area contributed by atoms with Crippen molar-refractivity contribution in [1.29, 1.82) is 0 Å². The summed E-state index contributed by atoms with van der Waals surface area (Å²) in [5, 5.41) is 2.51. The zero-order chi connectivity index (χ0) is 16.9. The van der Waals surface area contributed by atoms with E-state index in [0.29, 0.717) is 6.42 Å². The van der Waals surface area contributed by atoms with Gasteiger partial charge in [0.2, 0.25) is 11.8 Å². The van der Waals surface area contributed by atoms with Crippen molar-refractivity contribution in [1.82, 2.24) is 10.2 Å². The molecule has 1 unspecified atom stereocenters. The number of nitrogens with one attached hydrogen (secondary N) is 1. The van der Waals surface area contributed by atoms with Crippen LogP contribution >= 0.6 is 0 Å². The summed E-state index contributed by atoms with van der Waals surface area (Å²) in [6.45, 7) is -0.148. The van der Waals surface area contributed by atoms with Crippen LogP contribution in [0.4, 0.5) is 0 Å². The number of hydrogen-bond donors (Lipinski definition) is 1. The Kier molecular flexibility index (Phi) is 5.54. The maximum absolute atomic E-state index is 12.0. The third-order valence-corrected chi connectivity index (χ3v) is 5.54. The molecule has 1 saturated heterocycles. The summed E-state index contributed by atoms with van der Waals surface area (Å²) in [5.41, 5.74) is 0.891. The normalized spacial score (nSPS) is 19.6. The summed E-state index contributed by atoms with van der Waals surface area (Å²) in [5.74, 6) is -0.554. The van der Waals surface area contributed by atoms with Gasteiger partial charge in [-0.05, 0) is 18.1 Å². The van der Waals surface area contributed by atoms with E-state index in [0.717, 1.165) is 5.56 Å². The maximum atomic E-state index is 12.0. The molecule has 1 N–H and O–H groups in total. The quantitative estimate of drug-likeness (QED) is 0.792. The lowest BCUT2D eigenvalue weighted by Crippen LogP contribution is -2.43.